The van der Waals surface area contributed by atoms with Crippen molar-refractivity contribution in [1.29, 1.82) is 0 Å². The summed E-state index contributed by atoms with van der Waals surface area (Å²) in [6.07, 6.45) is 3.95. The van der Waals surface area contributed by atoms with Crippen molar-refractivity contribution in [3.63, 3.8) is 0 Å². The van der Waals surface area contributed by atoms with Gasteiger partial charge in [0.2, 0.25) is 5.91 Å². The molecule has 2 aliphatic heterocycles. The summed E-state index contributed by atoms with van der Waals surface area (Å²) in [5.41, 5.74) is 3.30. The Morgan fingerprint density at radius 3 is 2.40 bits per heavy atom. The number of carbonyl (C=O) groups is 1. The monoisotopic (exact) mass is 412 g/mol. The molecule has 2 aliphatic rings. The number of anilines is 1. The van der Waals surface area contributed by atoms with Gasteiger partial charge in [0, 0.05) is 43.9 Å². The number of rotatable bonds is 6. The molecule has 0 radical (unpaired) electrons. The Kier molecular flexibility index (Phi) is 6.11. The molecule has 0 saturated carbocycles. The lowest BCUT2D eigenvalue weighted by atomic mass is 10.0. The quantitative estimate of drug-likeness (QED) is 0.723. The van der Waals surface area contributed by atoms with Crippen LogP contribution >= 0.6 is 0 Å². The normalized spacial score (nSPS) is 16.5. The number of nitrogens with zero attached hydrogens (tertiary/aromatic N) is 2. The Morgan fingerprint density at radius 1 is 1.03 bits per heavy atom. The van der Waals surface area contributed by atoms with Crippen LogP contribution in [0.1, 0.15) is 30.4 Å². The van der Waals surface area contributed by atoms with Crippen molar-refractivity contribution >= 4 is 11.6 Å². The predicted octanol–water partition coefficient (Wildman–Crippen LogP) is 3.83. The summed E-state index contributed by atoms with van der Waals surface area (Å²) in [4.78, 5) is 17.1. The van der Waals surface area contributed by atoms with Crippen molar-refractivity contribution in [2.75, 3.05) is 38.8 Å². The average Bonchev–Trinajstić information content (AvgIpc) is 3.20. The molecule has 5 nitrogen and oxygen atoms in total. The van der Waals surface area contributed by atoms with Gasteiger partial charge in [-0.1, -0.05) is 0 Å². The van der Waals surface area contributed by atoms with Crippen molar-refractivity contribution in [1.82, 2.24) is 4.90 Å². The molecule has 2 aromatic rings. The minimum absolute atomic E-state index is 0.162. The van der Waals surface area contributed by atoms with Gasteiger partial charge in [-0.2, -0.15) is 0 Å². The number of amides is 1. The minimum Gasteiger partial charge on any atom is -0.497 e. The third-order valence-corrected chi connectivity index (χ3v) is 6.27. The number of benzene rings is 2. The molecular formula is C24H29FN2O3. The molecule has 160 valence electrons. The van der Waals surface area contributed by atoms with E-state index in [-0.39, 0.29) is 11.7 Å². The second kappa shape index (κ2) is 8.94. The smallest absolute Gasteiger partial charge is 0.222 e. The molecule has 0 aromatic heterocycles. The zero-order chi connectivity index (χ0) is 21.1. The molecule has 0 N–H and O–H groups in total. The van der Waals surface area contributed by atoms with E-state index < -0.39 is 0 Å². The van der Waals surface area contributed by atoms with Crippen molar-refractivity contribution in [2.45, 2.75) is 38.1 Å². The summed E-state index contributed by atoms with van der Waals surface area (Å²) in [7, 11) is 3.26. The van der Waals surface area contributed by atoms with E-state index in [1.807, 2.05) is 29.2 Å². The first-order valence-corrected chi connectivity index (χ1v) is 10.6. The van der Waals surface area contributed by atoms with E-state index in [2.05, 4.69) is 4.90 Å². The number of hydrogen-bond acceptors (Lipinski definition) is 4. The zero-order valence-corrected chi connectivity index (χ0v) is 17.7. The van der Waals surface area contributed by atoms with Crippen molar-refractivity contribution in [3.05, 3.63) is 53.3 Å². The van der Waals surface area contributed by atoms with E-state index in [1.54, 1.807) is 26.4 Å². The van der Waals surface area contributed by atoms with Gasteiger partial charge in [-0.3, -0.25) is 4.79 Å². The summed E-state index contributed by atoms with van der Waals surface area (Å²) in [6.45, 7) is 2.49. The number of ether oxygens (including phenoxy) is 2. The number of methoxy groups -OCH3 is 2. The van der Waals surface area contributed by atoms with Crippen LogP contribution in [0, 0.1) is 5.82 Å². The van der Waals surface area contributed by atoms with Gasteiger partial charge in [0.05, 0.1) is 14.2 Å². The lowest BCUT2D eigenvalue weighted by Crippen LogP contribution is -2.46. The molecule has 1 saturated heterocycles. The average molecular weight is 413 g/mol. The van der Waals surface area contributed by atoms with Gasteiger partial charge in [0.15, 0.2) is 0 Å². The second-order valence-corrected chi connectivity index (χ2v) is 8.05. The lowest BCUT2D eigenvalue weighted by Gasteiger charge is -2.38. The molecule has 0 bridgehead atoms. The van der Waals surface area contributed by atoms with Crippen LogP contribution in [0.2, 0.25) is 0 Å². The van der Waals surface area contributed by atoms with E-state index in [1.165, 1.54) is 0 Å². The van der Waals surface area contributed by atoms with Crippen molar-refractivity contribution < 1.29 is 18.7 Å². The summed E-state index contributed by atoms with van der Waals surface area (Å²) < 4.78 is 24.1. The third kappa shape index (κ3) is 4.37. The molecule has 2 heterocycles. The van der Waals surface area contributed by atoms with Gasteiger partial charge in [0.1, 0.15) is 17.3 Å². The number of halogens is 1. The van der Waals surface area contributed by atoms with Gasteiger partial charge in [-0.25, -0.2) is 4.39 Å². The highest BCUT2D eigenvalue weighted by Crippen LogP contribution is 2.33. The van der Waals surface area contributed by atoms with Gasteiger partial charge in [0.25, 0.3) is 0 Å². The number of aryl methyl sites for hydroxylation is 1. The number of likely N-dealkylation sites (tertiary alicyclic amines) is 1. The van der Waals surface area contributed by atoms with Crippen LogP contribution in [0.3, 0.4) is 0 Å². The number of hydrogen-bond donors (Lipinski definition) is 0. The largest absolute Gasteiger partial charge is 0.497 e. The summed E-state index contributed by atoms with van der Waals surface area (Å²) in [5, 5.41) is 0. The van der Waals surface area contributed by atoms with Gasteiger partial charge < -0.3 is 19.3 Å². The highest BCUT2D eigenvalue weighted by atomic mass is 19.1. The molecule has 0 atom stereocenters. The fourth-order valence-electron chi connectivity index (χ4n) is 4.62. The van der Waals surface area contributed by atoms with Gasteiger partial charge in [-0.05, 0) is 67.1 Å². The van der Waals surface area contributed by atoms with Crippen LogP contribution in [0.5, 0.6) is 11.5 Å². The molecular weight excluding hydrogens is 383 g/mol. The second-order valence-electron chi connectivity index (χ2n) is 8.05. The predicted molar refractivity (Wildman–Crippen MR) is 115 cm³/mol. The molecule has 0 spiro atoms. The van der Waals surface area contributed by atoms with E-state index in [9.17, 15) is 9.18 Å². The maximum atomic E-state index is 13.5. The number of carbonyl (C=O) groups excluding carboxylic acids is 1. The Morgan fingerprint density at radius 2 is 1.73 bits per heavy atom. The summed E-state index contributed by atoms with van der Waals surface area (Å²) >= 11 is 0. The van der Waals surface area contributed by atoms with Crippen LogP contribution in [0.25, 0.3) is 0 Å². The highest BCUT2D eigenvalue weighted by Gasteiger charge is 2.30. The fourth-order valence-corrected chi connectivity index (χ4v) is 4.62. The molecule has 0 aliphatic carbocycles. The summed E-state index contributed by atoms with van der Waals surface area (Å²) in [5.74, 6) is 1.51. The fraction of sp³-hybridized carbons (Fsp3) is 0.458. The first-order chi connectivity index (χ1) is 14.6. The van der Waals surface area contributed by atoms with E-state index >= 15 is 0 Å². The third-order valence-electron chi connectivity index (χ3n) is 6.27. The zero-order valence-electron chi connectivity index (χ0n) is 17.7. The Balaban J connectivity index is 1.30. The first-order valence-electron chi connectivity index (χ1n) is 10.6. The maximum absolute atomic E-state index is 13.5. The highest BCUT2D eigenvalue weighted by molar-refractivity contribution is 5.76. The maximum Gasteiger partial charge on any atom is 0.222 e. The topological polar surface area (TPSA) is 42.0 Å². The minimum atomic E-state index is -0.162. The summed E-state index contributed by atoms with van der Waals surface area (Å²) in [6, 6.07) is 11.3. The SMILES string of the molecule is COc1cc(CCC(=O)N2CCC(N3CCc4cc(F)ccc43)CC2)cc(OC)c1. The standard InChI is InChI=1S/C24H29FN2O3/c1-29-21-13-17(14-22(16-21)30-2)3-6-24(28)26-10-8-20(9-11-26)27-12-7-18-15-19(25)4-5-23(18)27/h4-5,13-16,20H,3,6-12H2,1-2H3. The van der Waals surface area contributed by atoms with Crippen molar-refractivity contribution in [3.8, 4) is 11.5 Å². The molecule has 30 heavy (non-hydrogen) atoms. The Hall–Kier alpha value is -2.76. The van der Waals surface area contributed by atoms with Crippen LogP contribution < -0.4 is 14.4 Å². The molecule has 1 fully saturated rings. The Labute approximate surface area is 177 Å². The first kappa shape index (κ1) is 20.5. The van der Waals surface area contributed by atoms with Crippen LogP contribution in [-0.2, 0) is 17.6 Å². The molecule has 2 aromatic carbocycles. The molecule has 4 rings (SSSR count). The van der Waals surface area contributed by atoms with E-state index in [4.69, 9.17) is 9.47 Å². The van der Waals surface area contributed by atoms with Crippen LogP contribution in [0.15, 0.2) is 36.4 Å². The van der Waals surface area contributed by atoms with Gasteiger partial charge in [-0.15, -0.1) is 0 Å². The van der Waals surface area contributed by atoms with Crippen LogP contribution in [0.4, 0.5) is 10.1 Å². The number of piperidine rings is 1. The van der Waals surface area contributed by atoms with E-state index in [0.717, 1.165) is 67.2 Å². The molecule has 0 unspecified atom stereocenters. The molecule has 1 amide bonds. The van der Waals surface area contributed by atoms with E-state index in [0.29, 0.717) is 18.9 Å². The lowest BCUT2D eigenvalue weighted by molar-refractivity contribution is -0.132. The molecule has 6 heteroatoms. The van der Waals surface area contributed by atoms with Gasteiger partial charge >= 0.3 is 0 Å². The van der Waals surface area contributed by atoms with Crippen molar-refractivity contribution in [2.24, 2.45) is 0 Å². The number of fused-ring (bicyclic) bond motifs is 1. The Bertz CT molecular complexity index is 887. The van der Waals surface area contributed by atoms with Crippen LogP contribution in [-0.4, -0.2) is 50.7 Å².